The number of rotatable bonds is 5. The number of ether oxygens (including phenoxy) is 1. The third kappa shape index (κ3) is 5.83. The molecule has 0 radical (unpaired) electrons. The van der Waals surface area contributed by atoms with Crippen molar-refractivity contribution in [3.8, 4) is 5.75 Å². The van der Waals surface area contributed by atoms with Gasteiger partial charge in [-0.05, 0) is 60.0 Å². The molecule has 0 saturated carbocycles. The molecule has 1 unspecified atom stereocenters. The van der Waals surface area contributed by atoms with E-state index < -0.39 is 14.4 Å². The lowest BCUT2D eigenvalue weighted by molar-refractivity contribution is 0.164. The van der Waals surface area contributed by atoms with E-state index in [1.54, 1.807) is 17.0 Å². The maximum absolute atomic E-state index is 13.5. The van der Waals surface area contributed by atoms with Crippen LogP contribution < -0.4 is 4.74 Å². The molecule has 0 saturated heterocycles. The zero-order chi connectivity index (χ0) is 22.6. The first kappa shape index (κ1) is 23.2. The van der Waals surface area contributed by atoms with Gasteiger partial charge in [0, 0.05) is 18.7 Å². The van der Waals surface area contributed by atoms with Crippen molar-refractivity contribution in [3.05, 3.63) is 77.8 Å². The van der Waals surface area contributed by atoms with E-state index in [1.165, 1.54) is 12.1 Å². The number of halogens is 1. The van der Waals surface area contributed by atoms with Crippen LogP contribution in [0.5, 0.6) is 5.75 Å². The SMILES string of the molecule is CC(C)(C)[Si](C)(C)OCC1=CN(C(=O)Oc2ccccc2)CCC1c1ccc(F)cc1. The zero-order valence-electron chi connectivity index (χ0n) is 19.0. The van der Waals surface area contributed by atoms with Gasteiger partial charge >= 0.3 is 6.09 Å². The molecule has 0 spiro atoms. The predicted molar refractivity (Wildman–Crippen MR) is 124 cm³/mol. The van der Waals surface area contributed by atoms with Crippen LogP contribution in [0, 0.1) is 5.82 Å². The van der Waals surface area contributed by atoms with Crippen LogP contribution in [-0.4, -0.2) is 32.5 Å². The molecule has 31 heavy (non-hydrogen) atoms. The number of carbonyl (C=O) groups excluding carboxylic acids is 1. The van der Waals surface area contributed by atoms with Gasteiger partial charge in [-0.15, -0.1) is 0 Å². The predicted octanol–water partition coefficient (Wildman–Crippen LogP) is 6.72. The number of amides is 1. The lowest BCUT2D eigenvalue weighted by Crippen LogP contribution is -2.42. The van der Waals surface area contributed by atoms with Gasteiger partial charge in [-0.25, -0.2) is 9.18 Å². The van der Waals surface area contributed by atoms with Gasteiger partial charge in [0.15, 0.2) is 8.32 Å². The van der Waals surface area contributed by atoms with Gasteiger partial charge in [0.25, 0.3) is 0 Å². The standard InChI is InChI=1S/C25H32FNO3Si/c1-25(2,3)31(4,5)29-18-20-17-27(24(28)30-22-9-7-6-8-10-22)16-15-23(20)19-11-13-21(26)14-12-19/h6-14,17,23H,15-16,18H2,1-5H3. The van der Waals surface area contributed by atoms with Crippen LogP contribution in [0.2, 0.25) is 18.1 Å². The molecule has 1 aliphatic heterocycles. The molecule has 2 aromatic carbocycles. The van der Waals surface area contributed by atoms with Crippen molar-refractivity contribution < 1.29 is 18.3 Å². The number of benzene rings is 2. The van der Waals surface area contributed by atoms with Crippen LogP contribution in [0.15, 0.2) is 66.4 Å². The summed E-state index contributed by atoms with van der Waals surface area (Å²) in [5.74, 6) is 0.336. The fraction of sp³-hybridized carbons (Fsp3) is 0.400. The molecule has 166 valence electrons. The smallest absolute Gasteiger partial charge is 0.413 e. The van der Waals surface area contributed by atoms with Crippen molar-refractivity contribution >= 4 is 14.4 Å². The molecule has 0 bridgehead atoms. The molecule has 0 aromatic heterocycles. The molecule has 2 aromatic rings. The van der Waals surface area contributed by atoms with Crippen LogP contribution in [0.1, 0.15) is 38.7 Å². The monoisotopic (exact) mass is 441 g/mol. The van der Waals surface area contributed by atoms with E-state index in [0.29, 0.717) is 18.9 Å². The minimum atomic E-state index is -1.97. The Morgan fingerprint density at radius 3 is 2.35 bits per heavy atom. The highest BCUT2D eigenvalue weighted by Gasteiger charge is 2.38. The maximum atomic E-state index is 13.5. The second-order valence-corrected chi connectivity index (χ2v) is 14.3. The van der Waals surface area contributed by atoms with Crippen LogP contribution in [0.4, 0.5) is 9.18 Å². The van der Waals surface area contributed by atoms with Crippen molar-refractivity contribution in [1.29, 1.82) is 0 Å². The van der Waals surface area contributed by atoms with Crippen molar-refractivity contribution in [2.24, 2.45) is 0 Å². The van der Waals surface area contributed by atoms with E-state index in [-0.39, 0.29) is 16.8 Å². The van der Waals surface area contributed by atoms with Gasteiger partial charge in [-0.1, -0.05) is 51.1 Å². The van der Waals surface area contributed by atoms with Gasteiger partial charge in [-0.3, -0.25) is 4.90 Å². The highest BCUT2D eigenvalue weighted by atomic mass is 28.4. The Bertz CT molecular complexity index is 920. The van der Waals surface area contributed by atoms with Gasteiger partial charge in [-0.2, -0.15) is 0 Å². The third-order valence-corrected chi connectivity index (χ3v) is 10.8. The fourth-order valence-corrected chi connectivity index (χ4v) is 4.25. The van der Waals surface area contributed by atoms with E-state index in [9.17, 15) is 9.18 Å². The number of nitrogens with zero attached hydrogens (tertiary/aromatic N) is 1. The first-order valence-corrected chi connectivity index (χ1v) is 13.6. The van der Waals surface area contributed by atoms with Crippen molar-refractivity contribution in [1.82, 2.24) is 4.90 Å². The summed E-state index contributed by atoms with van der Waals surface area (Å²) in [6.07, 6.45) is 2.17. The molecule has 0 fully saturated rings. The first-order valence-electron chi connectivity index (χ1n) is 10.7. The molecule has 4 nitrogen and oxygen atoms in total. The highest BCUT2D eigenvalue weighted by molar-refractivity contribution is 6.74. The second kappa shape index (κ2) is 9.36. The molecule has 3 rings (SSSR count). The van der Waals surface area contributed by atoms with E-state index in [1.807, 2.05) is 36.5 Å². The Kier molecular flexibility index (Phi) is 7.02. The van der Waals surface area contributed by atoms with Crippen molar-refractivity contribution in [3.63, 3.8) is 0 Å². The van der Waals surface area contributed by atoms with E-state index in [0.717, 1.165) is 17.6 Å². The molecular formula is C25H32FNO3Si. The first-order chi connectivity index (χ1) is 14.6. The Morgan fingerprint density at radius 2 is 1.74 bits per heavy atom. The summed E-state index contributed by atoms with van der Waals surface area (Å²) in [5.41, 5.74) is 2.04. The van der Waals surface area contributed by atoms with E-state index in [4.69, 9.17) is 9.16 Å². The molecule has 1 heterocycles. The molecule has 1 aliphatic rings. The summed E-state index contributed by atoms with van der Waals surface area (Å²) in [7, 11) is -1.97. The van der Waals surface area contributed by atoms with Gasteiger partial charge in [0.05, 0.1) is 6.61 Å². The molecule has 0 N–H and O–H groups in total. The van der Waals surface area contributed by atoms with Gasteiger partial charge < -0.3 is 9.16 Å². The lowest BCUT2D eigenvalue weighted by Gasteiger charge is -2.38. The van der Waals surface area contributed by atoms with Crippen LogP contribution in [0.25, 0.3) is 0 Å². The van der Waals surface area contributed by atoms with Crippen LogP contribution in [0.3, 0.4) is 0 Å². The topological polar surface area (TPSA) is 38.8 Å². The Balaban J connectivity index is 1.83. The Morgan fingerprint density at radius 1 is 1.10 bits per heavy atom. The normalized spacial score (nSPS) is 17.3. The maximum Gasteiger partial charge on any atom is 0.419 e. The highest BCUT2D eigenvalue weighted by Crippen LogP contribution is 2.39. The minimum Gasteiger partial charge on any atom is -0.413 e. The van der Waals surface area contributed by atoms with E-state index in [2.05, 4.69) is 33.9 Å². The molecule has 1 atom stereocenters. The quantitative estimate of drug-likeness (QED) is 0.484. The summed E-state index contributed by atoms with van der Waals surface area (Å²) < 4.78 is 25.5. The average Bonchev–Trinajstić information content (AvgIpc) is 2.73. The van der Waals surface area contributed by atoms with Gasteiger partial charge in [0.1, 0.15) is 11.6 Å². The molecule has 6 heteroatoms. The third-order valence-electron chi connectivity index (χ3n) is 6.29. The van der Waals surface area contributed by atoms with Crippen molar-refractivity contribution in [2.75, 3.05) is 13.2 Å². The second-order valence-electron chi connectivity index (χ2n) is 9.52. The summed E-state index contributed by atoms with van der Waals surface area (Å²) in [5, 5.41) is 0.0829. The van der Waals surface area contributed by atoms with Crippen LogP contribution >= 0.6 is 0 Å². The molecule has 1 amide bonds. The number of para-hydroxylation sites is 1. The largest absolute Gasteiger partial charge is 0.419 e. The number of hydrogen-bond acceptors (Lipinski definition) is 3. The van der Waals surface area contributed by atoms with Crippen molar-refractivity contribution in [2.45, 2.75) is 51.2 Å². The Labute approximate surface area is 185 Å². The van der Waals surface area contributed by atoms with Gasteiger partial charge in [0.2, 0.25) is 0 Å². The lowest BCUT2D eigenvalue weighted by atomic mass is 9.87. The Hall–Kier alpha value is -2.44. The zero-order valence-corrected chi connectivity index (χ0v) is 20.0. The number of carbonyl (C=O) groups is 1. The molecular weight excluding hydrogens is 409 g/mol. The summed E-state index contributed by atoms with van der Waals surface area (Å²) in [6.45, 7) is 12.0. The van der Waals surface area contributed by atoms with Crippen LogP contribution in [-0.2, 0) is 4.43 Å². The number of hydrogen-bond donors (Lipinski definition) is 0. The summed E-state index contributed by atoms with van der Waals surface area (Å²) in [6, 6.07) is 15.7. The van der Waals surface area contributed by atoms with E-state index >= 15 is 0 Å². The minimum absolute atomic E-state index is 0.0751. The fourth-order valence-electron chi connectivity index (χ4n) is 3.29. The summed E-state index contributed by atoms with van der Waals surface area (Å²) in [4.78, 5) is 14.3. The average molecular weight is 442 g/mol. The molecule has 0 aliphatic carbocycles. The summed E-state index contributed by atoms with van der Waals surface area (Å²) >= 11 is 0.